The van der Waals surface area contributed by atoms with Crippen LogP contribution in [0.15, 0.2) is 53.7 Å². The lowest BCUT2D eigenvalue weighted by molar-refractivity contribution is -0.605. The summed E-state index contributed by atoms with van der Waals surface area (Å²) in [5.41, 5.74) is 1.81. The average Bonchev–Trinajstić information content (AvgIpc) is 2.54. The molecule has 0 radical (unpaired) electrons. The second-order valence-corrected chi connectivity index (χ2v) is 5.04. The molecule has 0 N–H and O–H groups in total. The van der Waals surface area contributed by atoms with Gasteiger partial charge in [-0.25, -0.2) is 9.78 Å². The number of ether oxygens (including phenoxy) is 1. The highest BCUT2D eigenvalue weighted by atomic mass is 16.5. The lowest BCUT2D eigenvalue weighted by Crippen LogP contribution is -2.24. The maximum absolute atomic E-state index is 12.0. The molecule has 3 aromatic rings. The first-order valence-corrected chi connectivity index (χ1v) is 6.88. The first kappa shape index (κ1) is 14.7. The van der Waals surface area contributed by atoms with Crippen LogP contribution in [-0.4, -0.2) is 15.4 Å². The largest absolute Gasteiger partial charge is 0.619 e. The van der Waals surface area contributed by atoms with E-state index in [4.69, 9.17) is 4.74 Å². The number of rotatable bonds is 3. The van der Waals surface area contributed by atoms with Crippen LogP contribution in [0.1, 0.15) is 21.6 Å². The Hall–Kier alpha value is -3.22. The Kier molecular flexibility index (Phi) is 3.76. The number of esters is 1. The number of pyridine rings is 2. The molecular weight excluding hydrogens is 298 g/mol. The van der Waals surface area contributed by atoms with E-state index in [2.05, 4.69) is 4.98 Å². The zero-order valence-electron chi connectivity index (χ0n) is 12.3. The number of nitrogens with zero attached hydrogens (tertiary/aromatic N) is 3. The Morgan fingerprint density at radius 1 is 1.30 bits per heavy atom. The van der Waals surface area contributed by atoms with Crippen molar-refractivity contribution in [1.29, 1.82) is 0 Å². The molecule has 0 aliphatic rings. The van der Waals surface area contributed by atoms with Crippen LogP contribution < -0.4 is 10.3 Å². The fourth-order valence-corrected chi connectivity index (χ4v) is 2.10. The normalized spacial score (nSPS) is 10.7. The number of carbonyl (C=O) groups is 1. The van der Waals surface area contributed by atoms with Gasteiger partial charge in [0.05, 0.1) is 11.3 Å². The van der Waals surface area contributed by atoms with Gasteiger partial charge in [-0.05, 0) is 18.6 Å². The molecule has 23 heavy (non-hydrogen) atoms. The highest BCUT2D eigenvalue weighted by Gasteiger charge is 2.10. The van der Waals surface area contributed by atoms with Crippen LogP contribution in [0.3, 0.4) is 0 Å². The number of hydrogen-bond acceptors (Lipinski definition) is 5. The molecule has 116 valence electrons. The SMILES string of the molecule is Cc1ccc2nc(COC(=O)c3cc[n+]([O-])cc3)cc(=O)n2c1. The summed E-state index contributed by atoms with van der Waals surface area (Å²) in [7, 11) is 0. The van der Waals surface area contributed by atoms with Gasteiger partial charge in [0.25, 0.3) is 5.56 Å². The van der Waals surface area contributed by atoms with Gasteiger partial charge in [-0.2, -0.15) is 4.73 Å². The summed E-state index contributed by atoms with van der Waals surface area (Å²) >= 11 is 0. The van der Waals surface area contributed by atoms with Crippen molar-refractivity contribution in [3.63, 3.8) is 0 Å². The summed E-state index contributed by atoms with van der Waals surface area (Å²) in [5.74, 6) is -0.587. The molecule has 7 heteroatoms. The smallest absolute Gasteiger partial charge is 0.338 e. The molecule has 3 rings (SSSR count). The van der Waals surface area contributed by atoms with Crippen molar-refractivity contribution in [3.05, 3.63) is 81.3 Å². The van der Waals surface area contributed by atoms with Gasteiger partial charge in [0.15, 0.2) is 12.4 Å². The van der Waals surface area contributed by atoms with Gasteiger partial charge < -0.3 is 9.94 Å². The van der Waals surface area contributed by atoms with Crippen LogP contribution in [0.25, 0.3) is 5.65 Å². The van der Waals surface area contributed by atoms with Gasteiger partial charge in [-0.15, -0.1) is 0 Å². The predicted octanol–water partition coefficient (Wildman–Crippen LogP) is 0.993. The number of aryl methyl sites for hydroxylation is 1. The van der Waals surface area contributed by atoms with Crippen molar-refractivity contribution in [3.8, 4) is 0 Å². The summed E-state index contributed by atoms with van der Waals surface area (Å²) in [6, 6.07) is 7.63. The Labute approximate surface area is 131 Å². The number of carbonyl (C=O) groups excluding carboxylic acids is 1. The van der Waals surface area contributed by atoms with Crippen molar-refractivity contribution in [2.24, 2.45) is 0 Å². The van der Waals surface area contributed by atoms with E-state index in [1.165, 1.54) is 35.0 Å². The van der Waals surface area contributed by atoms with Crippen molar-refractivity contribution >= 4 is 11.6 Å². The van der Waals surface area contributed by atoms with Gasteiger partial charge in [0, 0.05) is 24.4 Å². The van der Waals surface area contributed by atoms with Crippen molar-refractivity contribution in [1.82, 2.24) is 9.38 Å². The monoisotopic (exact) mass is 311 g/mol. The van der Waals surface area contributed by atoms with Crippen molar-refractivity contribution < 1.29 is 14.3 Å². The molecule has 0 aliphatic carbocycles. The van der Waals surface area contributed by atoms with Crippen LogP contribution in [0, 0.1) is 12.1 Å². The summed E-state index contributed by atoms with van der Waals surface area (Å²) in [6.45, 7) is 1.76. The minimum absolute atomic E-state index is 0.120. The Morgan fingerprint density at radius 2 is 2.04 bits per heavy atom. The van der Waals surface area contributed by atoms with Crippen LogP contribution >= 0.6 is 0 Å². The zero-order valence-corrected chi connectivity index (χ0v) is 12.3. The summed E-state index contributed by atoms with van der Waals surface area (Å²) in [5, 5.41) is 10.9. The number of aromatic nitrogens is 3. The third-order valence-corrected chi connectivity index (χ3v) is 3.25. The molecule has 7 nitrogen and oxygen atoms in total. The maximum Gasteiger partial charge on any atom is 0.338 e. The fourth-order valence-electron chi connectivity index (χ4n) is 2.10. The van der Waals surface area contributed by atoms with E-state index in [-0.39, 0.29) is 17.7 Å². The summed E-state index contributed by atoms with van der Waals surface area (Å²) in [4.78, 5) is 28.2. The van der Waals surface area contributed by atoms with Crippen LogP contribution in [0.5, 0.6) is 0 Å². The predicted molar refractivity (Wildman–Crippen MR) is 80.7 cm³/mol. The van der Waals surface area contributed by atoms with E-state index in [0.29, 0.717) is 16.1 Å². The van der Waals surface area contributed by atoms with E-state index in [1.807, 2.05) is 13.0 Å². The van der Waals surface area contributed by atoms with Crippen LogP contribution in [0.2, 0.25) is 0 Å². The summed E-state index contributed by atoms with van der Waals surface area (Å²) < 4.78 is 7.13. The van der Waals surface area contributed by atoms with E-state index >= 15 is 0 Å². The molecule has 3 aromatic heterocycles. The Bertz CT molecular complexity index is 932. The molecule has 0 saturated heterocycles. The van der Waals surface area contributed by atoms with Crippen molar-refractivity contribution in [2.75, 3.05) is 0 Å². The highest BCUT2D eigenvalue weighted by Crippen LogP contribution is 2.05. The van der Waals surface area contributed by atoms with Gasteiger partial charge >= 0.3 is 5.97 Å². The average molecular weight is 311 g/mol. The third-order valence-electron chi connectivity index (χ3n) is 3.25. The quantitative estimate of drug-likeness (QED) is 0.409. The summed E-state index contributed by atoms with van der Waals surface area (Å²) in [6.07, 6.45) is 4.11. The van der Waals surface area contributed by atoms with E-state index < -0.39 is 5.97 Å². The molecular formula is C16H13N3O4. The van der Waals surface area contributed by atoms with E-state index in [1.54, 1.807) is 12.3 Å². The lowest BCUT2D eigenvalue weighted by atomic mass is 10.3. The minimum Gasteiger partial charge on any atom is -0.619 e. The fraction of sp³-hybridized carbons (Fsp3) is 0.125. The van der Waals surface area contributed by atoms with Gasteiger partial charge in [0.1, 0.15) is 12.3 Å². The van der Waals surface area contributed by atoms with Gasteiger partial charge in [-0.1, -0.05) is 6.07 Å². The standard InChI is InChI=1S/C16H13N3O4/c1-11-2-3-14-17-13(8-15(20)19(14)9-11)10-23-16(21)12-4-6-18(22)7-5-12/h2-9H,10H2,1H3. The molecule has 0 spiro atoms. The van der Waals surface area contributed by atoms with E-state index in [9.17, 15) is 14.8 Å². The first-order chi connectivity index (χ1) is 11.0. The molecule has 3 heterocycles. The Balaban J connectivity index is 1.79. The molecule has 0 unspecified atom stereocenters. The number of fused-ring (bicyclic) bond motifs is 1. The molecule has 0 aromatic carbocycles. The molecule has 0 bridgehead atoms. The second-order valence-electron chi connectivity index (χ2n) is 5.04. The molecule has 0 amide bonds. The Morgan fingerprint density at radius 3 is 2.78 bits per heavy atom. The topological polar surface area (TPSA) is 87.6 Å². The molecule has 0 fully saturated rings. The third kappa shape index (κ3) is 3.18. The van der Waals surface area contributed by atoms with E-state index in [0.717, 1.165) is 5.56 Å². The molecule has 0 atom stereocenters. The molecule has 0 saturated carbocycles. The van der Waals surface area contributed by atoms with Gasteiger partial charge in [0.2, 0.25) is 0 Å². The first-order valence-electron chi connectivity index (χ1n) is 6.88. The zero-order chi connectivity index (χ0) is 16.4. The van der Waals surface area contributed by atoms with Gasteiger partial charge in [-0.3, -0.25) is 9.20 Å². The maximum atomic E-state index is 12.0. The van der Waals surface area contributed by atoms with Crippen molar-refractivity contribution in [2.45, 2.75) is 13.5 Å². The highest BCUT2D eigenvalue weighted by molar-refractivity contribution is 5.88. The minimum atomic E-state index is -0.587. The molecule has 0 aliphatic heterocycles. The lowest BCUT2D eigenvalue weighted by Gasteiger charge is -2.06. The van der Waals surface area contributed by atoms with Crippen LogP contribution in [-0.2, 0) is 11.3 Å². The van der Waals surface area contributed by atoms with Crippen LogP contribution in [0.4, 0.5) is 0 Å². The number of hydrogen-bond donors (Lipinski definition) is 0. The second kappa shape index (κ2) is 5.88.